The zero-order valence-electron chi connectivity index (χ0n) is 22.3. The van der Waals surface area contributed by atoms with Crippen LogP contribution >= 0.6 is 0 Å². The molecule has 1 N–H and O–H groups in total. The van der Waals surface area contributed by atoms with Gasteiger partial charge in [-0.1, -0.05) is 36.8 Å². The molecule has 9 heteroatoms. The summed E-state index contributed by atoms with van der Waals surface area (Å²) < 4.78 is 23.5. The standard InChI is InChI=1S/C28H42N4O4S/c1-30(2)28(23-9-4-3-5-10-23)15-13-27(14-16-28)21-31(26(34)32(27)19-22-7-6-8-22)20-25(33)29-24-11-17-37(35,36)18-12-24/h3-5,9-10,22,24H,6-8,11-21H2,1-2H3,(H,29,33)/t27-,28-. The van der Waals surface area contributed by atoms with Crippen LogP contribution in [0, 0.1) is 5.92 Å². The number of sulfone groups is 1. The monoisotopic (exact) mass is 530 g/mol. The zero-order valence-corrected chi connectivity index (χ0v) is 23.1. The summed E-state index contributed by atoms with van der Waals surface area (Å²) in [7, 11) is 1.33. The first-order chi connectivity index (χ1) is 17.6. The van der Waals surface area contributed by atoms with Crippen LogP contribution < -0.4 is 5.32 Å². The van der Waals surface area contributed by atoms with E-state index in [1.165, 1.54) is 24.8 Å². The maximum absolute atomic E-state index is 13.7. The van der Waals surface area contributed by atoms with E-state index in [1.807, 2.05) is 0 Å². The number of rotatable bonds is 7. The fourth-order valence-electron chi connectivity index (χ4n) is 6.99. The molecule has 2 aliphatic heterocycles. The summed E-state index contributed by atoms with van der Waals surface area (Å²) in [5, 5.41) is 3.00. The molecule has 2 heterocycles. The fraction of sp³-hybridized carbons (Fsp3) is 0.714. The highest BCUT2D eigenvalue weighted by Crippen LogP contribution is 2.49. The number of hydrogen-bond donors (Lipinski definition) is 1. The molecule has 2 saturated heterocycles. The van der Waals surface area contributed by atoms with Crippen LogP contribution in [0.5, 0.6) is 0 Å². The molecule has 4 aliphatic rings. The second kappa shape index (κ2) is 10.2. The van der Waals surface area contributed by atoms with Crippen LogP contribution in [0.2, 0.25) is 0 Å². The third-order valence-corrected chi connectivity index (χ3v) is 11.4. The zero-order chi connectivity index (χ0) is 26.3. The van der Waals surface area contributed by atoms with Crippen molar-refractivity contribution in [3.8, 4) is 0 Å². The molecule has 0 radical (unpaired) electrons. The summed E-state index contributed by atoms with van der Waals surface area (Å²) in [6.07, 6.45) is 8.25. The molecule has 0 aromatic heterocycles. The first kappa shape index (κ1) is 26.5. The molecule has 204 valence electrons. The predicted octanol–water partition coefficient (Wildman–Crippen LogP) is 2.99. The molecular formula is C28H42N4O4S. The lowest BCUT2D eigenvalue weighted by Gasteiger charge is -2.51. The molecule has 1 aromatic rings. The van der Waals surface area contributed by atoms with Crippen molar-refractivity contribution < 1.29 is 18.0 Å². The molecule has 0 bridgehead atoms. The van der Waals surface area contributed by atoms with Crippen LogP contribution in [-0.2, 0) is 20.2 Å². The second-order valence-corrected chi connectivity index (χ2v) is 14.4. The van der Waals surface area contributed by atoms with E-state index >= 15 is 0 Å². The SMILES string of the molecule is CN(C)[C@]1(c2ccccc2)CC[C@@]2(CC1)CN(CC(=O)NC1CCS(=O)(=O)CC1)C(=O)N2CC1CCC1. The highest BCUT2D eigenvalue weighted by molar-refractivity contribution is 7.91. The van der Waals surface area contributed by atoms with Crippen molar-refractivity contribution in [2.75, 3.05) is 45.2 Å². The van der Waals surface area contributed by atoms with Crippen LogP contribution in [0.25, 0.3) is 0 Å². The summed E-state index contributed by atoms with van der Waals surface area (Å²) in [4.78, 5) is 32.9. The molecule has 0 atom stereocenters. The quantitative estimate of drug-likeness (QED) is 0.586. The van der Waals surface area contributed by atoms with Crippen molar-refractivity contribution >= 4 is 21.8 Å². The maximum Gasteiger partial charge on any atom is 0.321 e. The van der Waals surface area contributed by atoms with Gasteiger partial charge in [-0.05, 0) is 76.9 Å². The minimum atomic E-state index is -2.98. The van der Waals surface area contributed by atoms with Crippen molar-refractivity contribution in [1.29, 1.82) is 0 Å². The Bertz CT molecular complexity index is 1080. The minimum Gasteiger partial charge on any atom is -0.352 e. The maximum atomic E-state index is 13.7. The molecule has 2 aliphatic carbocycles. The number of nitrogens with one attached hydrogen (secondary N) is 1. The van der Waals surface area contributed by atoms with Gasteiger partial charge in [0, 0.05) is 24.7 Å². The summed E-state index contributed by atoms with van der Waals surface area (Å²) in [5.41, 5.74) is 1.04. The summed E-state index contributed by atoms with van der Waals surface area (Å²) in [5.74, 6) is 0.622. The Labute approximate surface area is 221 Å². The van der Waals surface area contributed by atoms with E-state index in [-0.39, 0.29) is 47.1 Å². The summed E-state index contributed by atoms with van der Waals surface area (Å²) >= 11 is 0. The Morgan fingerprint density at radius 1 is 1.03 bits per heavy atom. The third kappa shape index (κ3) is 5.26. The van der Waals surface area contributed by atoms with Crippen molar-refractivity contribution in [1.82, 2.24) is 20.0 Å². The molecule has 1 spiro atoms. The molecule has 3 amide bonds. The van der Waals surface area contributed by atoms with Gasteiger partial charge in [0.15, 0.2) is 0 Å². The van der Waals surface area contributed by atoms with Gasteiger partial charge in [-0.3, -0.25) is 9.69 Å². The number of nitrogens with zero attached hydrogens (tertiary/aromatic N) is 3. The van der Waals surface area contributed by atoms with E-state index in [0.29, 0.717) is 25.3 Å². The van der Waals surface area contributed by atoms with Crippen LogP contribution in [0.15, 0.2) is 30.3 Å². The van der Waals surface area contributed by atoms with E-state index in [9.17, 15) is 18.0 Å². The van der Waals surface area contributed by atoms with Gasteiger partial charge in [0.05, 0.1) is 17.0 Å². The van der Waals surface area contributed by atoms with Crippen molar-refractivity contribution in [3.05, 3.63) is 35.9 Å². The van der Waals surface area contributed by atoms with Gasteiger partial charge in [-0.25, -0.2) is 13.2 Å². The summed E-state index contributed by atoms with van der Waals surface area (Å²) in [6, 6.07) is 10.6. The first-order valence-corrected chi connectivity index (χ1v) is 15.7. The van der Waals surface area contributed by atoms with E-state index in [1.54, 1.807) is 4.90 Å². The molecule has 2 saturated carbocycles. The Morgan fingerprint density at radius 2 is 1.68 bits per heavy atom. The van der Waals surface area contributed by atoms with Gasteiger partial charge in [0.1, 0.15) is 16.4 Å². The minimum absolute atomic E-state index is 0.00895. The lowest BCUT2D eigenvalue weighted by atomic mass is 9.68. The number of carbonyl (C=O) groups is 2. The van der Waals surface area contributed by atoms with Gasteiger partial charge >= 0.3 is 6.03 Å². The number of carbonyl (C=O) groups excluding carboxylic acids is 2. The van der Waals surface area contributed by atoms with E-state index in [4.69, 9.17) is 0 Å². The van der Waals surface area contributed by atoms with Gasteiger partial charge in [-0.2, -0.15) is 0 Å². The Morgan fingerprint density at radius 3 is 2.24 bits per heavy atom. The average molecular weight is 531 g/mol. The summed E-state index contributed by atoms with van der Waals surface area (Å²) in [6.45, 7) is 1.42. The van der Waals surface area contributed by atoms with Crippen molar-refractivity contribution in [3.63, 3.8) is 0 Å². The number of urea groups is 1. The lowest BCUT2D eigenvalue weighted by molar-refractivity contribution is -0.122. The van der Waals surface area contributed by atoms with E-state index in [2.05, 4.69) is 59.5 Å². The number of amides is 3. The second-order valence-electron chi connectivity index (χ2n) is 12.1. The topological polar surface area (TPSA) is 90.0 Å². The van der Waals surface area contributed by atoms with E-state index in [0.717, 1.165) is 32.2 Å². The largest absolute Gasteiger partial charge is 0.352 e. The van der Waals surface area contributed by atoms with Gasteiger partial charge < -0.3 is 15.1 Å². The fourth-order valence-corrected chi connectivity index (χ4v) is 8.48. The predicted molar refractivity (Wildman–Crippen MR) is 144 cm³/mol. The Hall–Kier alpha value is -2.13. The van der Waals surface area contributed by atoms with Crippen LogP contribution in [-0.4, -0.2) is 91.9 Å². The van der Waals surface area contributed by atoms with Crippen molar-refractivity contribution in [2.24, 2.45) is 5.92 Å². The van der Waals surface area contributed by atoms with Gasteiger partial charge in [-0.15, -0.1) is 0 Å². The molecular weight excluding hydrogens is 488 g/mol. The van der Waals surface area contributed by atoms with Gasteiger partial charge in [0.25, 0.3) is 0 Å². The molecule has 8 nitrogen and oxygen atoms in total. The highest BCUT2D eigenvalue weighted by Gasteiger charge is 2.55. The molecule has 0 unspecified atom stereocenters. The van der Waals surface area contributed by atoms with Crippen LogP contribution in [0.4, 0.5) is 4.79 Å². The first-order valence-electron chi connectivity index (χ1n) is 13.9. The van der Waals surface area contributed by atoms with Gasteiger partial charge in [0.2, 0.25) is 5.91 Å². The lowest BCUT2D eigenvalue weighted by Crippen LogP contribution is -2.56. The molecule has 1 aromatic carbocycles. The van der Waals surface area contributed by atoms with Crippen LogP contribution in [0.1, 0.15) is 63.4 Å². The number of hydrogen-bond acceptors (Lipinski definition) is 5. The number of benzene rings is 1. The Kier molecular flexibility index (Phi) is 7.31. The average Bonchev–Trinajstić information content (AvgIpc) is 3.08. The third-order valence-electron chi connectivity index (χ3n) is 9.65. The molecule has 37 heavy (non-hydrogen) atoms. The smallest absolute Gasteiger partial charge is 0.321 e. The van der Waals surface area contributed by atoms with Crippen molar-refractivity contribution in [2.45, 2.75) is 74.9 Å². The normalized spacial score (nSPS) is 28.0. The van der Waals surface area contributed by atoms with Crippen LogP contribution in [0.3, 0.4) is 0 Å². The Balaban J connectivity index is 1.29. The highest BCUT2D eigenvalue weighted by atomic mass is 32.2. The molecule has 4 fully saturated rings. The van der Waals surface area contributed by atoms with E-state index < -0.39 is 9.84 Å². The molecule has 5 rings (SSSR count).